The van der Waals surface area contributed by atoms with E-state index >= 15 is 0 Å². The third kappa shape index (κ3) is 6.76. The van der Waals surface area contributed by atoms with Crippen molar-refractivity contribution in [2.75, 3.05) is 72.1 Å². The highest BCUT2D eigenvalue weighted by molar-refractivity contribution is 5.94. The third-order valence-corrected chi connectivity index (χ3v) is 5.43. The molecule has 2 fully saturated rings. The lowest BCUT2D eigenvalue weighted by atomic mass is 10.1. The minimum absolute atomic E-state index is 0.0664. The first-order chi connectivity index (χ1) is 14.1. The van der Waals surface area contributed by atoms with Gasteiger partial charge in [0, 0.05) is 70.9 Å². The second-order valence-corrected chi connectivity index (χ2v) is 7.49. The number of rotatable bonds is 8. The van der Waals surface area contributed by atoms with Crippen LogP contribution in [0.2, 0.25) is 0 Å². The van der Waals surface area contributed by atoms with Crippen LogP contribution in [0.25, 0.3) is 0 Å². The highest BCUT2D eigenvalue weighted by atomic mass is 19.1. The van der Waals surface area contributed by atoms with Crippen molar-refractivity contribution < 1.29 is 18.7 Å². The maximum absolute atomic E-state index is 13.6. The quantitative estimate of drug-likeness (QED) is 0.692. The van der Waals surface area contributed by atoms with Gasteiger partial charge < -0.3 is 19.9 Å². The largest absolute Gasteiger partial charge is 0.379 e. The van der Waals surface area contributed by atoms with Crippen molar-refractivity contribution in [3.05, 3.63) is 35.6 Å². The molecule has 0 radical (unpaired) electrons. The molecule has 7 nitrogen and oxygen atoms in total. The topological polar surface area (TPSA) is 65.1 Å². The molecule has 2 aliphatic heterocycles. The maximum Gasteiger partial charge on any atom is 0.253 e. The van der Waals surface area contributed by atoms with Crippen molar-refractivity contribution in [1.29, 1.82) is 0 Å². The van der Waals surface area contributed by atoms with E-state index in [1.165, 1.54) is 12.1 Å². The van der Waals surface area contributed by atoms with E-state index in [1.807, 2.05) is 4.90 Å². The number of halogens is 1. The minimum atomic E-state index is -0.430. The number of benzene rings is 1. The summed E-state index contributed by atoms with van der Waals surface area (Å²) in [5.41, 5.74) is 0.325. The average molecular weight is 407 g/mol. The lowest BCUT2D eigenvalue weighted by Crippen LogP contribution is -2.47. The van der Waals surface area contributed by atoms with Gasteiger partial charge >= 0.3 is 0 Å². The van der Waals surface area contributed by atoms with E-state index in [2.05, 4.69) is 10.2 Å². The first kappa shape index (κ1) is 21.7. The Labute approximate surface area is 171 Å². The molecule has 1 aromatic carbocycles. The van der Waals surface area contributed by atoms with Crippen LogP contribution in [0.1, 0.15) is 23.2 Å². The van der Waals surface area contributed by atoms with Crippen molar-refractivity contribution in [2.24, 2.45) is 0 Å². The lowest BCUT2D eigenvalue weighted by Gasteiger charge is -2.30. The Hall–Kier alpha value is -2.03. The Bertz CT molecular complexity index is 676. The first-order valence-corrected chi connectivity index (χ1v) is 10.5. The van der Waals surface area contributed by atoms with Crippen molar-refractivity contribution in [2.45, 2.75) is 12.8 Å². The number of nitrogens with zero attached hydrogens (tertiary/aromatic N) is 3. The zero-order chi connectivity index (χ0) is 20.5. The molecule has 0 spiro atoms. The smallest absolute Gasteiger partial charge is 0.253 e. The van der Waals surface area contributed by atoms with Gasteiger partial charge in [-0.15, -0.1) is 0 Å². The van der Waals surface area contributed by atoms with Crippen LogP contribution in [0, 0.1) is 5.82 Å². The Balaban J connectivity index is 1.57. The number of nitrogens with one attached hydrogen (secondary N) is 1. The third-order valence-electron chi connectivity index (χ3n) is 5.43. The van der Waals surface area contributed by atoms with Gasteiger partial charge in [0.2, 0.25) is 5.91 Å². The van der Waals surface area contributed by atoms with Gasteiger partial charge in [-0.1, -0.05) is 6.07 Å². The zero-order valence-electron chi connectivity index (χ0n) is 16.9. The molecule has 0 saturated carbocycles. The van der Waals surface area contributed by atoms with E-state index in [4.69, 9.17) is 4.74 Å². The van der Waals surface area contributed by atoms with Crippen molar-refractivity contribution in [3.63, 3.8) is 0 Å². The molecule has 2 aliphatic rings. The summed E-state index contributed by atoms with van der Waals surface area (Å²) in [4.78, 5) is 31.3. The fourth-order valence-corrected chi connectivity index (χ4v) is 3.73. The molecule has 160 valence electrons. The molecule has 0 bridgehead atoms. The molecule has 2 amide bonds. The summed E-state index contributed by atoms with van der Waals surface area (Å²) >= 11 is 0. The summed E-state index contributed by atoms with van der Waals surface area (Å²) in [5.74, 6) is -0.586. The SMILES string of the molecule is O=C(CCN(CCCN1CCOCC1)C(=O)c1cccc(F)c1)N1CCNCC1. The number of hydrogen-bond donors (Lipinski definition) is 1. The van der Waals surface area contributed by atoms with Gasteiger partial charge in [0.1, 0.15) is 5.82 Å². The van der Waals surface area contributed by atoms with Crippen LogP contribution in [-0.2, 0) is 9.53 Å². The predicted octanol–water partition coefficient (Wildman–Crippen LogP) is 0.812. The Morgan fingerprint density at radius 3 is 2.59 bits per heavy atom. The number of carbonyl (C=O) groups excluding carboxylic acids is 2. The summed E-state index contributed by atoms with van der Waals surface area (Å²) in [7, 11) is 0. The fraction of sp³-hybridized carbons (Fsp3) is 0.619. The van der Waals surface area contributed by atoms with Gasteiger partial charge in [0.25, 0.3) is 5.91 Å². The molecule has 0 atom stereocenters. The predicted molar refractivity (Wildman–Crippen MR) is 108 cm³/mol. The average Bonchev–Trinajstić information content (AvgIpc) is 2.76. The van der Waals surface area contributed by atoms with Crippen LogP contribution in [0.15, 0.2) is 24.3 Å². The summed E-state index contributed by atoms with van der Waals surface area (Å²) in [6, 6.07) is 5.75. The number of amides is 2. The molecule has 2 heterocycles. The molecular formula is C21H31FN4O3. The number of carbonyl (C=O) groups is 2. The van der Waals surface area contributed by atoms with Crippen molar-refractivity contribution in [3.8, 4) is 0 Å². The second kappa shape index (κ2) is 11.2. The van der Waals surface area contributed by atoms with Gasteiger partial charge in [0.15, 0.2) is 0 Å². The van der Waals surface area contributed by atoms with Gasteiger partial charge in [-0.2, -0.15) is 0 Å². The van der Waals surface area contributed by atoms with Crippen LogP contribution >= 0.6 is 0 Å². The summed E-state index contributed by atoms with van der Waals surface area (Å²) in [5, 5.41) is 3.23. The molecule has 8 heteroatoms. The Kier molecular flexibility index (Phi) is 8.39. The van der Waals surface area contributed by atoms with Gasteiger partial charge in [0.05, 0.1) is 13.2 Å². The number of morpholine rings is 1. The Morgan fingerprint density at radius 1 is 1.10 bits per heavy atom. The summed E-state index contributed by atoms with van der Waals surface area (Å²) < 4.78 is 19.0. The lowest BCUT2D eigenvalue weighted by molar-refractivity contribution is -0.131. The molecule has 2 saturated heterocycles. The summed E-state index contributed by atoms with van der Waals surface area (Å²) in [6.07, 6.45) is 1.10. The van der Waals surface area contributed by atoms with Gasteiger partial charge in [-0.05, 0) is 24.6 Å². The number of piperazine rings is 1. The van der Waals surface area contributed by atoms with Gasteiger partial charge in [-0.3, -0.25) is 14.5 Å². The molecule has 0 unspecified atom stereocenters. The summed E-state index contributed by atoms with van der Waals surface area (Å²) in [6.45, 7) is 8.07. The van der Waals surface area contributed by atoms with Crippen molar-refractivity contribution in [1.82, 2.24) is 20.0 Å². The minimum Gasteiger partial charge on any atom is -0.379 e. The van der Waals surface area contributed by atoms with Gasteiger partial charge in [-0.25, -0.2) is 4.39 Å². The molecule has 1 N–H and O–H groups in total. The standard InChI is InChI=1S/C21H31FN4O3/c22-19-4-1-3-18(17-19)21(28)26(9-2-8-24-13-15-29-16-14-24)10-5-20(27)25-11-6-23-7-12-25/h1,3-4,17,23H,2,5-16H2. The maximum atomic E-state index is 13.6. The first-order valence-electron chi connectivity index (χ1n) is 10.5. The zero-order valence-corrected chi connectivity index (χ0v) is 16.9. The number of hydrogen-bond acceptors (Lipinski definition) is 5. The molecule has 1 aromatic rings. The molecule has 0 aromatic heterocycles. The van der Waals surface area contributed by atoms with Crippen molar-refractivity contribution >= 4 is 11.8 Å². The van der Waals surface area contributed by atoms with E-state index in [0.29, 0.717) is 38.2 Å². The van der Waals surface area contributed by atoms with E-state index in [1.54, 1.807) is 17.0 Å². The van der Waals surface area contributed by atoms with E-state index in [-0.39, 0.29) is 11.8 Å². The van der Waals surface area contributed by atoms with Crippen LogP contribution in [-0.4, -0.2) is 98.6 Å². The fourth-order valence-electron chi connectivity index (χ4n) is 3.73. The Morgan fingerprint density at radius 2 is 1.86 bits per heavy atom. The molecule has 0 aliphatic carbocycles. The van der Waals surface area contributed by atoms with E-state index in [9.17, 15) is 14.0 Å². The monoisotopic (exact) mass is 406 g/mol. The van der Waals surface area contributed by atoms with E-state index < -0.39 is 5.82 Å². The normalized spacial score (nSPS) is 17.9. The van der Waals surface area contributed by atoms with Crippen LogP contribution in [0.5, 0.6) is 0 Å². The van der Waals surface area contributed by atoms with E-state index in [0.717, 1.165) is 52.4 Å². The second-order valence-electron chi connectivity index (χ2n) is 7.49. The molecule has 29 heavy (non-hydrogen) atoms. The molecular weight excluding hydrogens is 375 g/mol. The highest BCUT2D eigenvalue weighted by Gasteiger charge is 2.21. The van der Waals surface area contributed by atoms with Crippen LogP contribution in [0.3, 0.4) is 0 Å². The highest BCUT2D eigenvalue weighted by Crippen LogP contribution is 2.10. The number of ether oxygens (including phenoxy) is 1. The van der Waals surface area contributed by atoms with Crippen LogP contribution < -0.4 is 5.32 Å². The molecule has 3 rings (SSSR count). The van der Waals surface area contributed by atoms with Crippen LogP contribution in [0.4, 0.5) is 4.39 Å².